The molecule has 5 rings (SSSR count). The van der Waals surface area contributed by atoms with Gasteiger partial charge in [-0.2, -0.15) is 0 Å². The number of aromatic nitrogens is 5. The summed E-state index contributed by atoms with van der Waals surface area (Å²) in [4.78, 5) is 21.1. The topological polar surface area (TPSA) is 73.7 Å². The third-order valence-electron chi connectivity index (χ3n) is 4.70. The molecule has 0 aromatic carbocycles. The second kappa shape index (κ2) is 18.0. The molecule has 6 nitrogen and oxygen atoms in total. The third kappa shape index (κ3) is 11.4. The molecule has 0 atom stereocenters. The molecule has 0 N–H and O–H groups in total. The van der Waals surface area contributed by atoms with E-state index in [4.69, 9.17) is 35.0 Å². The zero-order chi connectivity index (χ0) is 26.1. The van der Waals surface area contributed by atoms with Gasteiger partial charge in [-0.15, -0.1) is 0 Å². The fraction of sp³-hybridized carbons (Fsp3) is 0.138. The average Bonchev–Trinajstić information content (AvgIpc) is 2.96. The van der Waals surface area contributed by atoms with E-state index in [9.17, 15) is 0 Å². The molecule has 0 spiro atoms. The van der Waals surface area contributed by atoms with Crippen LogP contribution in [-0.4, -0.2) is 31.5 Å². The van der Waals surface area contributed by atoms with Crippen molar-refractivity contribution >= 4 is 25.3 Å². The molecule has 196 valence electrons. The first-order chi connectivity index (χ1) is 18.2. The van der Waals surface area contributed by atoms with Crippen molar-refractivity contribution in [3.8, 4) is 28.5 Å². The Hall–Kier alpha value is -3.32. The molecule has 0 radical (unpaired) electrons. The molecule has 0 aliphatic carbocycles. The van der Waals surface area contributed by atoms with Gasteiger partial charge < -0.3 is 30.0 Å². The van der Waals surface area contributed by atoms with Crippen molar-refractivity contribution < 1.29 is 25.8 Å². The SMILES string of the molecule is CCCCOc1cc(-c2ccccn2)nc(-c2ccccn2)c1.[Pt+2].[S-]c1ccccn1.[S-]c1ccccn1. The second-order valence-electron chi connectivity index (χ2n) is 7.54. The number of hydrogen-bond acceptors (Lipinski definition) is 8. The van der Waals surface area contributed by atoms with Gasteiger partial charge in [0.05, 0.1) is 29.4 Å². The van der Waals surface area contributed by atoms with Crippen LogP contribution in [0.4, 0.5) is 0 Å². The second-order valence-corrected chi connectivity index (χ2v) is 8.38. The van der Waals surface area contributed by atoms with E-state index in [1.54, 1.807) is 36.9 Å². The van der Waals surface area contributed by atoms with Crippen LogP contribution in [0.2, 0.25) is 0 Å². The molecule has 5 aromatic heterocycles. The largest absolute Gasteiger partial charge is 2.00 e. The third-order valence-corrected chi connectivity index (χ3v) is 5.18. The van der Waals surface area contributed by atoms with Gasteiger partial charge in [0.2, 0.25) is 0 Å². The van der Waals surface area contributed by atoms with Crippen LogP contribution in [0.5, 0.6) is 5.75 Å². The first kappa shape index (κ1) is 30.9. The fourth-order valence-electron chi connectivity index (χ4n) is 2.91. The minimum Gasteiger partial charge on any atom is -0.760 e. The van der Waals surface area contributed by atoms with E-state index in [0.29, 0.717) is 16.7 Å². The van der Waals surface area contributed by atoms with Crippen LogP contribution in [0.25, 0.3) is 22.8 Å². The van der Waals surface area contributed by atoms with E-state index in [0.717, 1.165) is 41.4 Å². The number of ether oxygens (including phenoxy) is 1. The minimum absolute atomic E-state index is 0. The Labute approximate surface area is 249 Å². The van der Waals surface area contributed by atoms with E-state index in [1.807, 2.05) is 72.8 Å². The standard InChI is InChI=1S/C19H19N3O.2C5H5NS.Pt/c1-2-3-12-23-15-13-18(16-8-4-6-10-20-16)22-19(14-15)17-9-5-7-11-21-17;2*7-5-3-1-2-4-6-5;/h4-11,13-14H,2-3,12H2,1H3;2*1-4H,(H,6,7);/q;;;+2/p-2. The molecule has 0 unspecified atom stereocenters. The molecular weight excluding hydrogens is 694 g/mol. The molecule has 5 heterocycles. The quantitative estimate of drug-likeness (QED) is 0.148. The van der Waals surface area contributed by atoms with Crippen LogP contribution in [0.3, 0.4) is 0 Å². The summed E-state index contributed by atoms with van der Waals surface area (Å²) in [7, 11) is 0. The molecule has 0 aliphatic heterocycles. The van der Waals surface area contributed by atoms with Crippen molar-refractivity contribution in [2.45, 2.75) is 29.8 Å². The fourth-order valence-corrected chi connectivity index (χ4v) is 3.19. The monoisotopic (exact) mass is 720 g/mol. The van der Waals surface area contributed by atoms with Gasteiger partial charge in [0.15, 0.2) is 0 Å². The molecule has 0 aliphatic rings. The summed E-state index contributed by atoms with van der Waals surface area (Å²) in [5.41, 5.74) is 3.23. The molecule has 9 heteroatoms. The number of unbranched alkanes of at least 4 members (excludes halogenated alkanes) is 1. The number of rotatable bonds is 6. The predicted octanol–water partition coefficient (Wildman–Crippen LogP) is 6.36. The molecule has 0 bridgehead atoms. The average molecular weight is 721 g/mol. The van der Waals surface area contributed by atoms with Crippen LogP contribution in [0.1, 0.15) is 19.8 Å². The van der Waals surface area contributed by atoms with Crippen molar-refractivity contribution in [2.24, 2.45) is 0 Å². The van der Waals surface area contributed by atoms with Crippen LogP contribution in [0, 0.1) is 0 Å². The maximum absolute atomic E-state index is 5.88. The van der Waals surface area contributed by atoms with Crippen molar-refractivity contribution in [3.05, 3.63) is 110 Å². The Morgan fingerprint density at radius 3 is 1.37 bits per heavy atom. The Balaban J connectivity index is 0.000000275. The Kier molecular flexibility index (Phi) is 14.7. The maximum atomic E-state index is 5.88. The summed E-state index contributed by atoms with van der Waals surface area (Å²) in [5, 5.41) is 1.31. The first-order valence-electron chi connectivity index (χ1n) is 11.8. The van der Waals surface area contributed by atoms with Crippen LogP contribution in [-0.2, 0) is 46.3 Å². The zero-order valence-electron chi connectivity index (χ0n) is 20.8. The van der Waals surface area contributed by atoms with Gasteiger partial charge >= 0.3 is 21.1 Å². The molecule has 5 aromatic rings. The van der Waals surface area contributed by atoms with Gasteiger partial charge in [0.1, 0.15) is 5.75 Å². The first-order valence-corrected chi connectivity index (χ1v) is 12.6. The van der Waals surface area contributed by atoms with E-state index in [1.165, 1.54) is 0 Å². The molecule has 0 amide bonds. The summed E-state index contributed by atoms with van der Waals surface area (Å²) in [6.45, 7) is 2.85. The van der Waals surface area contributed by atoms with Crippen LogP contribution >= 0.6 is 0 Å². The number of pyridine rings is 5. The van der Waals surface area contributed by atoms with Gasteiger partial charge in [0.25, 0.3) is 0 Å². The molecule has 0 fully saturated rings. The zero-order valence-corrected chi connectivity index (χ0v) is 24.7. The number of hydrogen-bond donors (Lipinski definition) is 0. The Morgan fingerprint density at radius 2 is 1.05 bits per heavy atom. The van der Waals surface area contributed by atoms with Crippen LogP contribution < -0.4 is 4.74 Å². The predicted molar refractivity (Wildman–Crippen MR) is 151 cm³/mol. The Morgan fingerprint density at radius 1 is 0.605 bits per heavy atom. The minimum atomic E-state index is 0. The van der Waals surface area contributed by atoms with E-state index in [2.05, 4.69) is 26.9 Å². The maximum Gasteiger partial charge on any atom is 2.00 e. The molecular formula is C29H27N5OPtS2. The molecule has 38 heavy (non-hydrogen) atoms. The summed E-state index contributed by atoms with van der Waals surface area (Å²) in [6, 6.07) is 26.5. The van der Waals surface area contributed by atoms with Gasteiger partial charge in [-0.3, -0.25) is 19.9 Å². The smallest absolute Gasteiger partial charge is 0.760 e. The van der Waals surface area contributed by atoms with Gasteiger partial charge in [-0.05, 0) is 42.8 Å². The van der Waals surface area contributed by atoms with Crippen molar-refractivity contribution in [1.29, 1.82) is 0 Å². The van der Waals surface area contributed by atoms with Gasteiger partial charge in [-0.25, -0.2) is 4.98 Å². The summed E-state index contributed by atoms with van der Waals surface area (Å²) in [6.07, 6.45) is 9.03. The Bertz CT molecular complexity index is 1210. The van der Waals surface area contributed by atoms with Crippen molar-refractivity contribution in [2.75, 3.05) is 6.61 Å². The van der Waals surface area contributed by atoms with E-state index < -0.39 is 0 Å². The van der Waals surface area contributed by atoms with E-state index in [-0.39, 0.29) is 21.1 Å². The van der Waals surface area contributed by atoms with Gasteiger partial charge in [0, 0.05) is 36.9 Å². The number of nitrogens with zero attached hydrogens (tertiary/aromatic N) is 5. The summed E-state index contributed by atoms with van der Waals surface area (Å²) < 4.78 is 5.88. The molecule has 0 saturated carbocycles. The summed E-state index contributed by atoms with van der Waals surface area (Å²) in [5.74, 6) is 0.801. The normalized spacial score (nSPS) is 9.50. The van der Waals surface area contributed by atoms with Gasteiger partial charge in [-0.1, -0.05) is 59.8 Å². The molecule has 0 saturated heterocycles. The van der Waals surface area contributed by atoms with E-state index >= 15 is 0 Å². The van der Waals surface area contributed by atoms with Crippen molar-refractivity contribution in [1.82, 2.24) is 24.9 Å². The van der Waals surface area contributed by atoms with Crippen molar-refractivity contribution in [3.63, 3.8) is 0 Å². The summed E-state index contributed by atoms with van der Waals surface area (Å²) >= 11 is 9.40. The van der Waals surface area contributed by atoms with Crippen LogP contribution in [0.15, 0.2) is 120 Å².